The smallest absolute Gasteiger partial charge is 0.242 e. The van der Waals surface area contributed by atoms with Gasteiger partial charge in [-0.15, -0.1) is 0 Å². The van der Waals surface area contributed by atoms with Crippen molar-refractivity contribution in [2.45, 2.75) is 39.2 Å². The minimum atomic E-state index is -0.480. The molecule has 0 radical (unpaired) electrons. The Hall–Kier alpha value is -2.37. The number of hydrogen-bond acceptors (Lipinski definition) is 4. The second-order valence-corrected chi connectivity index (χ2v) is 5.16. The second kappa shape index (κ2) is 7.59. The number of benzene rings is 1. The Morgan fingerprint density at radius 3 is 2.77 bits per heavy atom. The van der Waals surface area contributed by atoms with E-state index in [2.05, 4.69) is 15.6 Å². The first-order valence-electron chi connectivity index (χ1n) is 7.49. The third kappa shape index (κ3) is 4.31. The summed E-state index contributed by atoms with van der Waals surface area (Å²) in [6.45, 7) is 3.81. The van der Waals surface area contributed by atoms with E-state index in [1.807, 2.05) is 31.2 Å². The summed E-state index contributed by atoms with van der Waals surface area (Å²) in [7, 11) is 0. The lowest BCUT2D eigenvalue weighted by Gasteiger charge is -2.16. The van der Waals surface area contributed by atoms with Crippen LogP contribution < -0.4 is 10.6 Å². The van der Waals surface area contributed by atoms with Gasteiger partial charge in [0.1, 0.15) is 11.6 Å². The number of carbonyl (C=O) groups is 2. The van der Waals surface area contributed by atoms with Crippen molar-refractivity contribution < 1.29 is 14.0 Å². The number of oxazole rings is 1. The Bertz CT molecular complexity index is 618. The first-order valence-corrected chi connectivity index (χ1v) is 7.49. The number of nitrogens with one attached hydrogen (secondary N) is 2. The third-order valence-corrected chi connectivity index (χ3v) is 3.25. The van der Waals surface area contributed by atoms with Gasteiger partial charge in [0.15, 0.2) is 11.5 Å². The van der Waals surface area contributed by atoms with Gasteiger partial charge in [-0.1, -0.05) is 25.5 Å². The Morgan fingerprint density at radius 2 is 2.09 bits per heavy atom. The van der Waals surface area contributed by atoms with Crippen LogP contribution in [-0.2, 0) is 16.0 Å². The quantitative estimate of drug-likeness (QED) is 0.816. The standard InChI is InChI=1S/C16H21N3O3/c1-3-6-13(18-11(2)20)16(21)17-10-9-15-19-12-7-4-5-8-14(12)22-15/h4-5,7-8,13H,3,6,9-10H2,1-2H3,(H,17,21)(H,18,20)/t13-/m0/s1. The molecule has 0 aliphatic rings. The van der Waals surface area contributed by atoms with Gasteiger partial charge in [0.2, 0.25) is 11.8 Å². The van der Waals surface area contributed by atoms with Gasteiger partial charge in [0, 0.05) is 19.9 Å². The fourth-order valence-corrected chi connectivity index (χ4v) is 2.25. The molecule has 0 saturated heterocycles. The minimum absolute atomic E-state index is 0.173. The van der Waals surface area contributed by atoms with Crippen LogP contribution in [0.3, 0.4) is 0 Å². The zero-order valence-electron chi connectivity index (χ0n) is 12.9. The van der Waals surface area contributed by atoms with Crippen LogP contribution in [0.4, 0.5) is 0 Å². The molecule has 6 nitrogen and oxygen atoms in total. The van der Waals surface area contributed by atoms with E-state index in [0.29, 0.717) is 25.3 Å². The molecule has 1 heterocycles. The van der Waals surface area contributed by atoms with E-state index >= 15 is 0 Å². The molecule has 0 aliphatic carbocycles. The van der Waals surface area contributed by atoms with E-state index in [4.69, 9.17) is 4.42 Å². The Kier molecular flexibility index (Phi) is 5.52. The van der Waals surface area contributed by atoms with Crippen molar-refractivity contribution in [3.05, 3.63) is 30.2 Å². The molecule has 0 bridgehead atoms. The third-order valence-electron chi connectivity index (χ3n) is 3.25. The summed E-state index contributed by atoms with van der Waals surface area (Å²) in [5.41, 5.74) is 1.55. The molecule has 0 spiro atoms. The lowest BCUT2D eigenvalue weighted by Crippen LogP contribution is -2.46. The molecular weight excluding hydrogens is 282 g/mol. The number of fused-ring (bicyclic) bond motifs is 1. The highest BCUT2D eigenvalue weighted by molar-refractivity contribution is 5.86. The molecule has 0 aliphatic heterocycles. The predicted molar refractivity (Wildman–Crippen MR) is 83.2 cm³/mol. The molecule has 6 heteroatoms. The fraction of sp³-hybridized carbons (Fsp3) is 0.438. The molecule has 2 amide bonds. The van der Waals surface area contributed by atoms with Crippen molar-refractivity contribution in [3.63, 3.8) is 0 Å². The highest BCUT2D eigenvalue weighted by Gasteiger charge is 2.18. The van der Waals surface area contributed by atoms with Gasteiger partial charge in [-0.05, 0) is 18.6 Å². The average molecular weight is 303 g/mol. The lowest BCUT2D eigenvalue weighted by atomic mass is 10.1. The van der Waals surface area contributed by atoms with Crippen LogP contribution in [0.2, 0.25) is 0 Å². The molecule has 2 aromatic rings. The Morgan fingerprint density at radius 1 is 1.32 bits per heavy atom. The molecule has 22 heavy (non-hydrogen) atoms. The van der Waals surface area contributed by atoms with E-state index in [0.717, 1.165) is 17.5 Å². The first kappa shape index (κ1) is 16.0. The number of aromatic nitrogens is 1. The van der Waals surface area contributed by atoms with Crippen molar-refractivity contribution in [1.29, 1.82) is 0 Å². The Labute approximate surface area is 129 Å². The summed E-state index contributed by atoms with van der Waals surface area (Å²) < 4.78 is 5.59. The van der Waals surface area contributed by atoms with Crippen LogP contribution >= 0.6 is 0 Å². The highest BCUT2D eigenvalue weighted by Crippen LogP contribution is 2.14. The predicted octanol–water partition coefficient (Wildman–Crippen LogP) is 1.79. The molecule has 0 unspecified atom stereocenters. The highest BCUT2D eigenvalue weighted by atomic mass is 16.3. The summed E-state index contributed by atoms with van der Waals surface area (Å²) >= 11 is 0. The molecule has 1 aromatic carbocycles. The largest absolute Gasteiger partial charge is 0.441 e. The topological polar surface area (TPSA) is 84.2 Å². The van der Waals surface area contributed by atoms with Crippen molar-refractivity contribution in [1.82, 2.24) is 15.6 Å². The average Bonchev–Trinajstić information content (AvgIpc) is 2.89. The van der Waals surface area contributed by atoms with Crippen LogP contribution in [0.25, 0.3) is 11.1 Å². The van der Waals surface area contributed by atoms with Crippen molar-refractivity contribution in [2.75, 3.05) is 6.54 Å². The maximum absolute atomic E-state index is 12.1. The van der Waals surface area contributed by atoms with E-state index in [1.165, 1.54) is 6.92 Å². The van der Waals surface area contributed by atoms with Crippen molar-refractivity contribution in [3.8, 4) is 0 Å². The van der Waals surface area contributed by atoms with E-state index < -0.39 is 6.04 Å². The van der Waals surface area contributed by atoms with Gasteiger partial charge in [-0.3, -0.25) is 9.59 Å². The van der Waals surface area contributed by atoms with Crippen LogP contribution in [0.1, 0.15) is 32.6 Å². The number of para-hydroxylation sites is 2. The fourth-order valence-electron chi connectivity index (χ4n) is 2.25. The van der Waals surface area contributed by atoms with E-state index in [1.54, 1.807) is 0 Å². The molecule has 0 fully saturated rings. The van der Waals surface area contributed by atoms with E-state index in [9.17, 15) is 9.59 Å². The zero-order valence-corrected chi connectivity index (χ0v) is 12.9. The van der Waals surface area contributed by atoms with Gasteiger partial charge >= 0.3 is 0 Å². The summed E-state index contributed by atoms with van der Waals surface area (Å²) in [4.78, 5) is 27.5. The maximum Gasteiger partial charge on any atom is 0.242 e. The molecule has 2 N–H and O–H groups in total. The maximum atomic E-state index is 12.1. The van der Waals surface area contributed by atoms with Crippen LogP contribution in [0.5, 0.6) is 0 Å². The van der Waals surface area contributed by atoms with Crippen molar-refractivity contribution in [2.24, 2.45) is 0 Å². The molecular formula is C16H21N3O3. The summed E-state index contributed by atoms with van der Waals surface area (Å²) in [6.07, 6.45) is 1.96. The van der Waals surface area contributed by atoms with E-state index in [-0.39, 0.29) is 11.8 Å². The SMILES string of the molecule is CCC[C@H](NC(C)=O)C(=O)NCCc1nc2ccccc2o1. The summed E-state index contributed by atoms with van der Waals surface area (Å²) in [5.74, 6) is 0.216. The van der Waals surface area contributed by atoms with Crippen LogP contribution in [0.15, 0.2) is 28.7 Å². The molecule has 2 rings (SSSR count). The molecule has 0 saturated carbocycles. The van der Waals surface area contributed by atoms with Gasteiger partial charge in [0.05, 0.1) is 0 Å². The van der Waals surface area contributed by atoms with Crippen molar-refractivity contribution >= 4 is 22.9 Å². The van der Waals surface area contributed by atoms with Gasteiger partial charge in [0.25, 0.3) is 0 Å². The van der Waals surface area contributed by atoms with Crippen LogP contribution in [-0.4, -0.2) is 29.4 Å². The molecule has 118 valence electrons. The number of amides is 2. The zero-order chi connectivity index (χ0) is 15.9. The molecule has 1 aromatic heterocycles. The molecule has 1 atom stereocenters. The van der Waals surface area contributed by atoms with Gasteiger partial charge < -0.3 is 15.1 Å². The first-order chi connectivity index (χ1) is 10.6. The number of rotatable bonds is 7. The monoisotopic (exact) mass is 303 g/mol. The summed E-state index contributed by atoms with van der Waals surface area (Å²) in [5, 5.41) is 5.47. The second-order valence-electron chi connectivity index (χ2n) is 5.16. The van der Waals surface area contributed by atoms with Crippen LogP contribution in [0, 0.1) is 0 Å². The minimum Gasteiger partial charge on any atom is -0.441 e. The lowest BCUT2D eigenvalue weighted by molar-refractivity contribution is -0.128. The van der Waals surface area contributed by atoms with Gasteiger partial charge in [-0.25, -0.2) is 4.98 Å². The Balaban J connectivity index is 1.86. The normalized spacial score (nSPS) is 12.1. The number of carbonyl (C=O) groups excluding carboxylic acids is 2. The van der Waals surface area contributed by atoms with Gasteiger partial charge in [-0.2, -0.15) is 0 Å². The number of hydrogen-bond donors (Lipinski definition) is 2. The number of nitrogens with zero attached hydrogens (tertiary/aromatic N) is 1. The summed E-state index contributed by atoms with van der Waals surface area (Å²) in [6, 6.07) is 7.06.